The summed E-state index contributed by atoms with van der Waals surface area (Å²) in [4.78, 5) is 0. The van der Waals surface area contributed by atoms with Crippen LogP contribution in [0, 0.1) is 0 Å². The van der Waals surface area contributed by atoms with Gasteiger partial charge in [-0.25, -0.2) is 0 Å². The van der Waals surface area contributed by atoms with Crippen LogP contribution in [0.5, 0.6) is 0 Å². The Labute approximate surface area is 136 Å². The molecule has 3 heteroatoms. The second-order valence-electron chi connectivity index (χ2n) is 5.95. The first-order valence-electron chi connectivity index (χ1n) is 7.30. The van der Waals surface area contributed by atoms with Gasteiger partial charge in [-0.15, -0.1) is 0 Å². The first-order valence-corrected chi connectivity index (χ1v) is 8.05. The van der Waals surface area contributed by atoms with E-state index in [0.717, 1.165) is 24.4 Å². The van der Waals surface area contributed by atoms with Crippen LogP contribution in [-0.4, -0.2) is 13.6 Å². The molecule has 0 bridgehead atoms. The fourth-order valence-electron chi connectivity index (χ4n) is 3.56. The van der Waals surface area contributed by atoms with E-state index in [1.807, 2.05) is 19.2 Å². The maximum absolute atomic E-state index is 6.44. The number of likely N-dealkylation sites (N-methyl/N-ethyl adjacent to an activating group) is 1. The average molecular weight is 320 g/mol. The average Bonchev–Trinajstić information content (AvgIpc) is 2.44. The van der Waals surface area contributed by atoms with Gasteiger partial charge in [0.05, 0.1) is 0 Å². The Hall–Kier alpha value is -1.02. The molecule has 21 heavy (non-hydrogen) atoms. The SMILES string of the molecule is CNCC1(c2ccc(Cl)cc2Cl)CC(c2ccccc2)C1. The molecule has 0 aromatic heterocycles. The molecule has 0 saturated heterocycles. The summed E-state index contributed by atoms with van der Waals surface area (Å²) in [6, 6.07) is 16.6. The van der Waals surface area contributed by atoms with Crippen LogP contribution in [0.3, 0.4) is 0 Å². The van der Waals surface area contributed by atoms with Crippen LogP contribution in [0.25, 0.3) is 0 Å². The van der Waals surface area contributed by atoms with E-state index in [9.17, 15) is 0 Å². The molecule has 0 spiro atoms. The summed E-state index contributed by atoms with van der Waals surface area (Å²) in [6.45, 7) is 0.942. The van der Waals surface area contributed by atoms with E-state index < -0.39 is 0 Å². The summed E-state index contributed by atoms with van der Waals surface area (Å²) in [5, 5.41) is 4.81. The predicted molar refractivity (Wildman–Crippen MR) is 90.5 cm³/mol. The van der Waals surface area contributed by atoms with Gasteiger partial charge < -0.3 is 5.32 Å². The maximum atomic E-state index is 6.44. The molecule has 1 aliphatic carbocycles. The molecule has 2 aromatic carbocycles. The molecule has 0 aliphatic heterocycles. The van der Waals surface area contributed by atoms with Crippen molar-refractivity contribution in [1.82, 2.24) is 5.32 Å². The quantitative estimate of drug-likeness (QED) is 0.833. The number of hydrogen-bond acceptors (Lipinski definition) is 1. The summed E-state index contributed by atoms with van der Waals surface area (Å²) < 4.78 is 0. The van der Waals surface area contributed by atoms with E-state index in [-0.39, 0.29) is 5.41 Å². The largest absolute Gasteiger partial charge is 0.319 e. The van der Waals surface area contributed by atoms with Crippen LogP contribution < -0.4 is 5.32 Å². The zero-order chi connectivity index (χ0) is 14.9. The second-order valence-corrected chi connectivity index (χ2v) is 6.79. The Kier molecular flexibility index (Phi) is 4.26. The van der Waals surface area contributed by atoms with E-state index in [2.05, 4.69) is 41.7 Å². The van der Waals surface area contributed by atoms with Gasteiger partial charge in [0.25, 0.3) is 0 Å². The Morgan fingerprint density at radius 2 is 1.81 bits per heavy atom. The minimum Gasteiger partial charge on any atom is -0.319 e. The van der Waals surface area contributed by atoms with Crippen LogP contribution >= 0.6 is 23.2 Å². The summed E-state index contributed by atoms with van der Waals surface area (Å²) in [7, 11) is 2.00. The zero-order valence-corrected chi connectivity index (χ0v) is 13.6. The molecule has 0 radical (unpaired) electrons. The molecule has 1 fully saturated rings. The lowest BCUT2D eigenvalue weighted by Crippen LogP contribution is -2.47. The van der Waals surface area contributed by atoms with Gasteiger partial charge in [-0.2, -0.15) is 0 Å². The van der Waals surface area contributed by atoms with Crippen LogP contribution in [0.2, 0.25) is 10.0 Å². The van der Waals surface area contributed by atoms with Crippen LogP contribution in [0.4, 0.5) is 0 Å². The smallest absolute Gasteiger partial charge is 0.0458 e. The predicted octanol–water partition coefficient (Wildman–Crippen LogP) is 5.03. The molecule has 1 saturated carbocycles. The highest BCUT2D eigenvalue weighted by atomic mass is 35.5. The Balaban J connectivity index is 1.87. The molecule has 0 unspecified atom stereocenters. The molecule has 1 aliphatic rings. The number of hydrogen-bond donors (Lipinski definition) is 1. The van der Waals surface area contributed by atoms with Crippen molar-refractivity contribution in [3.63, 3.8) is 0 Å². The Bertz CT molecular complexity index is 618. The molecule has 0 amide bonds. The number of nitrogens with one attached hydrogen (secondary N) is 1. The van der Waals surface area contributed by atoms with E-state index in [1.54, 1.807) is 0 Å². The number of benzene rings is 2. The molecule has 0 atom stereocenters. The van der Waals surface area contributed by atoms with Gasteiger partial charge in [-0.1, -0.05) is 59.6 Å². The lowest BCUT2D eigenvalue weighted by atomic mass is 9.57. The van der Waals surface area contributed by atoms with Gasteiger partial charge in [-0.05, 0) is 49.1 Å². The van der Waals surface area contributed by atoms with Crippen LogP contribution in [0.15, 0.2) is 48.5 Å². The van der Waals surface area contributed by atoms with Crippen molar-refractivity contribution >= 4 is 23.2 Å². The molecular weight excluding hydrogens is 301 g/mol. The minimum atomic E-state index is 0.122. The van der Waals surface area contributed by atoms with Gasteiger partial charge in [0.1, 0.15) is 0 Å². The minimum absolute atomic E-state index is 0.122. The lowest BCUT2D eigenvalue weighted by Gasteiger charge is -2.49. The third-order valence-corrected chi connectivity index (χ3v) is 5.11. The molecule has 1 nitrogen and oxygen atoms in total. The Morgan fingerprint density at radius 3 is 2.43 bits per heavy atom. The summed E-state index contributed by atoms with van der Waals surface area (Å²) >= 11 is 12.5. The highest BCUT2D eigenvalue weighted by Crippen LogP contribution is 2.53. The van der Waals surface area contributed by atoms with Crippen LogP contribution in [-0.2, 0) is 5.41 Å². The van der Waals surface area contributed by atoms with Crippen molar-refractivity contribution in [1.29, 1.82) is 0 Å². The second kappa shape index (κ2) is 6.00. The fraction of sp³-hybridized carbons (Fsp3) is 0.333. The summed E-state index contributed by atoms with van der Waals surface area (Å²) in [5.41, 5.74) is 2.76. The molecule has 0 heterocycles. The van der Waals surface area contributed by atoms with Gasteiger partial charge in [0.2, 0.25) is 0 Å². The normalized spacial score (nSPS) is 24.6. The third kappa shape index (κ3) is 2.83. The van der Waals surface area contributed by atoms with Gasteiger partial charge >= 0.3 is 0 Å². The highest BCUT2D eigenvalue weighted by Gasteiger charge is 2.46. The maximum Gasteiger partial charge on any atom is 0.0458 e. The molecule has 3 rings (SSSR count). The lowest BCUT2D eigenvalue weighted by molar-refractivity contribution is 0.198. The third-order valence-electron chi connectivity index (χ3n) is 4.56. The van der Waals surface area contributed by atoms with E-state index in [0.29, 0.717) is 10.9 Å². The van der Waals surface area contributed by atoms with Gasteiger partial charge in [0.15, 0.2) is 0 Å². The first-order chi connectivity index (χ1) is 10.1. The standard InChI is InChI=1S/C18H19Cl2N/c1-21-12-18(16-8-7-15(19)9-17(16)20)10-14(11-18)13-5-3-2-4-6-13/h2-9,14,21H,10-12H2,1H3. The monoisotopic (exact) mass is 319 g/mol. The zero-order valence-electron chi connectivity index (χ0n) is 12.1. The van der Waals surface area contributed by atoms with E-state index >= 15 is 0 Å². The molecule has 2 aromatic rings. The van der Waals surface area contributed by atoms with Crippen molar-refractivity contribution < 1.29 is 0 Å². The first kappa shape index (κ1) is 14.9. The van der Waals surface area contributed by atoms with Crippen molar-refractivity contribution in [3.05, 3.63) is 69.7 Å². The molecular formula is C18H19Cl2N. The van der Waals surface area contributed by atoms with Crippen molar-refractivity contribution in [3.8, 4) is 0 Å². The van der Waals surface area contributed by atoms with E-state index in [4.69, 9.17) is 23.2 Å². The van der Waals surface area contributed by atoms with Crippen molar-refractivity contribution in [2.75, 3.05) is 13.6 Å². The number of rotatable bonds is 4. The van der Waals surface area contributed by atoms with E-state index in [1.165, 1.54) is 11.1 Å². The van der Waals surface area contributed by atoms with Crippen molar-refractivity contribution in [2.24, 2.45) is 0 Å². The summed E-state index contributed by atoms with van der Waals surface area (Å²) in [6.07, 6.45) is 2.25. The van der Waals surface area contributed by atoms with Crippen LogP contribution in [0.1, 0.15) is 29.9 Å². The number of halogens is 2. The topological polar surface area (TPSA) is 12.0 Å². The highest BCUT2D eigenvalue weighted by molar-refractivity contribution is 6.35. The van der Waals surface area contributed by atoms with Crippen molar-refractivity contribution in [2.45, 2.75) is 24.2 Å². The Morgan fingerprint density at radius 1 is 1.10 bits per heavy atom. The fourth-order valence-corrected chi connectivity index (χ4v) is 4.17. The molecule has 110 valence electrons. The molecule has 1 N–H and O–H groups in total. The summed E-state index contributed by atoms with van der Waals surface area (Å²) in [5.74, 6) is 0.617. The van der Waals surface area contributed by atoms with Gasteiger partial charge in [-0.3, -0.25) is 0 Å². The van der Waals surface area contributed by atoms with Gasteiger partial charge in [0, 0.05) is 22.0 Å².